The highest BCUT2D eigenvalue weighted by Gasteiger charge is 2.05. The maximum atomic E-state index is 5.29. The number of hydrogen-bond acceptors (Lipinski definition) is 4. The van der Waals surface area contributed by atoms with Crippen LogP contribution in [0, 0.1) is 0 Å². The van der Waals surface area contributed by atoms with Crippen molar-refractivity contribution in [2.45, 2.75) is 0 Å². The summed E-state index contributed by atoms with van der Waals surface area (Å²) in [4.78, 5) is 8.34. The predicted octanol–water partition coefficient (Wildman–Crippen LogP) is 2.19. The molecule has 0 unspecified atom stereocenters. The molecule has 1 aromatic carbocycles. The lowest BCUT2D eigenvalue weighted by Crippen LogP contribution is -1.96. The Morgan fingerprint density at radius 3 is 2.44 bits per heavy atom. The first kappa shape index (κ1) is 10.4. The first-order chi connectivity index (χ1) is 7.85. The van der Waals surface area contributed by atoms with Gasteiger partial charge in [0.05, 0.1) is 7.11 Å². The van der Waals surface area contributed by atoms with Gasteiger partial charge >= 0.3 is 0 Å². The molecule has 16 heavy (non-hydrogen) atoms. The minimum Gasteiger partial charge on any atom is -0.496 e. The van der Waals surface area contributed by atoms with Gasteiger partial charge in [-0.05, 0) is 6.07 Å². The molecule has 0 saturated carbocycles. The Kier molecular flexibility index (Phi) is 3.00. The van der Waals surface area contributed by atoms with Gasteiger partial charge in [0, 0.05) is 30.6 Å². The molecule has 0 atom stereocenters. The van der Waals surface area contributed by atoms with Gasteiger partial charge in [-0.1, -0.05) is 18.2 Å². The maximum absolute atomic E-state index is 5.29. The molecule has 1 N–H and O–H groups in total. The smallest absolute Gasteiger partial charge is 0.222 e. The quantitative estimate of drug-likeness (QED) is 0.852. The summed E-state index contributed by atoms with van der Waals surface area (Å²) in [6.45, 7) is 0. The summed E-state index contributed by atoms with van der Waals surface area (Å²) >= 11 is 0. The first-order valence-electron chi connectivity index (χ1n) is 4.98. The fourth-order valence-corrected chi connectivity index (χ4v) is 1.48. The van der Waals surface area contributed by atoms with Crippen LogP contribution in [0.4, 0.5) is 5.95 Å². The van der Waals surface area contributed by atoms with Gasteiger partial charge in [0.15, 0.2) is 0 Å². The van der Waals surface area contributed by atoms with E-state index in [4.69, 9.17) is 4.74 Å². The molecule has 82 valence electrons. The zero-order valence-electron chi connectivity index (χ0n) is 9.27. The average Bonchev–Trinajstić information content (AvgIpc) is 2.39. The van der Waals surface area contributed by atoms with E-state index < -0.39 is 0 Å². The van der Waals surface area contributed by atoms with Gasteiger partial charge in [-0.25, -0.2) is 9.97 Å². The Hall–Kier alpha value is -2.10. The second-order valence-electron chi connectivity index (χ2n) is 3.25. The number of methoxy groups -OCH3 is 1. The molecular weight excluding hydrogens is 202 g/mol. The van der Waals surface area contributed by atoms with Crippen LogP contribution >= 0.6 is 0 Å². The molecule has 4 heteroatoms. The molecule has 0 saturated heterocycles. The van der Waals surface area contributed by atoms with Crippen molar-refractivity contribution in [2.75, 3.05) is 19.5 Å². The van der Waals surface area contributed by atoms with Crippen LogP contribution in [0.15, 0.2) is 36.7 Å². The van der Waals surface area contributed by atoms with Crippen LogP contribution in [0.2, 0.25) is 0 Å². The summed E-state index contributed by atoms with van der Waals surface area (Å²) in [7, 11) is 3.44. The van der Waals surface area contributed by atoms with Gasteiger partial charge in [-0.2, -0.15) is 0 Å². The number of benzene rings is 1. The molecule has 0 amide bonds. The topological polar surface area (TPSA) is 47.0 Å². The standard InChI is InChI=1S/C12H13N3O/c1-13-12-14-7-9(8-15-12)10-5-3-4-6-11(10)16-2/h3-8H,1-2H3,(H,13,14,15). The second kappa shape index (κ2) is 4.61. The van der Waals surface area contributed by atoms with Gasteiger partial charge < -0.3 is 10.1 Å². The average molecular weight is 215 g/mol. The Morgan fingerprint density at radius 2 is 1.81 bits per heavy atom. The number of rotatable bonds is 3. The molecule has 0 aliphatic heterocycles. The fraction of sp³-hybridized carbons (Fsp3) is 0.167. The van der Waals surface area contributed by atoms with Crippen LogP contribution < -0.4 is 10.1 Å². The zero-order valence-corrected chi connectivity index (χ0v) is 9.27. The maximum Gasteiger partial charge on any atom is 0.222 e. The van der Waals surface area contributed by atoms with Crippen LogP contribution in [-0.2, 0) is 0 Å². The fourth-order valence-electron chi connectivity index (χ4n) is 1.48. The molecule has 2 aromatic rings. The molecular formula is C12H13N3O. The third kappa shape index (κ3) is 1.95. The van der Waals surface area contributed by atoms with Crippen molar-refractivity contribution < 1.29 is 4.74 Å². The lowest BCUT2D eigenvalue weighted by molar-refractivity contribution is 0.416. The lowest BCUT2D eigenvalue weighted by atomic mass is 10.1. The van der Waals surface area contributed by atoms with Crippen LogP contribution in [0.1, 0.15) is 0 Å². The van der Waals surface area contributed by atoms with Gasteiger partial charge in [-0.3, -0.25) is 0 Å². The van der Waals surface area contributed by atoms with E-state index >= 15 is 0 Å². The Labute approximate surface area is 94.3 Å². The second-order valence-corrected chi connectivity index (χ2v) is 3.25. The van der Waals surface area contributed by atoms with E-state index in [0.717, 1.165) is 16.9 Å². The minimum absolute atomic E-state index is 0.610. The van der Waals surface area contributed by atoms with E-state index in [1.807, 2.05) is 24.3 Å². The normalized spacial score (nSPS) is 9.88. The van der Waals surface area contributed by atoms with Crippen LogP contribution in [0.25, 0.3) is 11.1 Å². The summed E-state index contributed by atoms with van der Waals surface area (Å²) < 4.78 is 5.29. The number of aromatic nitrogens is 2. The van der Waals surface area contributed by atoms with Crippen LogP contribution in [0.5, 0.6) is 5.75 Å². The summed E-state index contributed by atoms with van der Waals surface area (Å²) in [6, 6.07) is 7.80. The first-order valence-corrected chi connectivity index (χ1v) is 4.98. The van der Waals surface area contributed by atoms with E-state index in [-0.39, 0.29) is 0 Å². The van der Waals surface area contributed by atoms with E-state index in [1.54, 1.807) is 26.6 Å². The predicted molar refractivity (Wildman–Crippen MR) is 63.6 cm³/mol. The molecule has 2 rings (SSSR count). The van der Waals surface area contributed by atoms with Gasteiger partial charge in [-0.15, -0.1) is 0 Å². The van der Waals surface area contributed by atoms with Gasteiger partial charge in [0.1, 0.15) is 5.75 Å². The molecule has 0 fully saturated rings. The highest BCUT2D eigenvalue weighted by atomic mass is 16.5. The summed E-state index contributed by atoms with van der Waals surface area (Å²) in [5.41, 5.74) is 1.93. The Bertz CT molecular complexity index is 468. The number of nitrogens with zero attached hydrogens (tertiary/aromatic N) is 2. The number of ether oxygens (including phenoxy) is 1. The SMILES string of the molecule is CNc1ncc(-c2ccccc2OC)cn1. The molecule has 0 radical (unpaired) electrons. The van der Waals surface area contributed by atoms with E-state index in [1.165, 1.54) is 0 Å². The number of hydrogen-bond donors (Lipinski definition) is 1. The minimum atomic E-state index is 0.610. The van der Waals surface area contributed by atoms with Gasteiger partial charge in [0.25, 0.3) is 0 Å². The zero-order chi connectivity index (χ0) is 11.4. The van der Waals surface area contributed by atoms with E-state index in [2.05, 4.69) is 15.3 Å². The van der Waals surface area contributed by atoms with Crippen molar-refractivity contribution in [3.8, 4) is 16.9 Å². The monoisotopic (exact) mass is 215 g/mol. The summed E-state index contributed by atoms with van der Waals surface area (Å²) in [5, 5.41) is 2.88. The Morgan fingerprint density at radius 1 is 1.12 bits per heavy atom. The van der Waals surface area contributed by atoms with Crippen LogP contribution in [-0.4, -0.2) is 24.1 Å². The van der Waals surface area contributed by atoms with Crippen LogP contribution in [0.3, 0.4) is 0 Å². The molecule has 0 bridgehead atoms. The summed E-state index contributed by atoms with van der Waals surface area (Å²) in [5.74, 6) is 1.43. The number of nitrogens with one attached hydrogen (secondary N) is 1. The molecule has 0 spiro atoms. The largest absolute Gasteiger partial charge is 0.496 e. The molecule has 0 aliphatic carbocycles. The van der Waals surface area contributed by atoms with Crippen molar-refractivity contribution in [1.29, 1.82) is 0 Å². The molecule has 1 aromatic heterocycles. The molecule has 4 nitrogen and oxygen atoms in total. The van der Waals surface area contributed by atoms with Crippen molar-refractivity contribution in [3.05, 3.63) is 36.7 Å². The molecule has 1 heterocycles. The highest BCUT2D eigenvalue weighted by Crippen LogP contribution is 2.28. The number of para-hydroxylation sites is 1. The van der Waals surface area contributed by atoms with Crippen molar-refractivity contribution in [2.24, 2.45) is 0 Å². The van der Waals surface area contributed by atoms with Crippen molar-refractivity contribution >= 4 is 5.95 Å². The van der Waals surface area contributed by atoms with Gasteiger partial charge in [0.2, 0.25) is 5.95 Å². The summed E-state index contributed by atoms with van der Waals surface area (Å²) in [6.07, 6.45) is 3.55. The van der Waals surface area contributed by atoms with Crippen molar-refractivity contribution in [3.63, 3.8) is 0 Å². The number of anilines is 1. The highest BCUT2D eigenvalue weighted by molar-refractivity contribution is 5.69. The lowest BCUT2D eigenvalue weighted by Gasteiger charge is -2.07. The third-order valence-electron chi connectivity index (χ3n) is 2.29. The van der Waals surface area contributed by atoms with E-state index in [9.17, 15) is 0 Å². The molecule has 0 aliphatic rings. The van der Waals surface area contributed by atoms with Crippen molar-refractivity contribution in [1.82, 2.24) is 9.97 Å². The van der Waals surface area contributed by atoms with E-state index in [0.29, 0.717) is 5.95 Å². The third-order valence-corrected chi connectivity index (χ3v) is 2.29. The Balaban J connectivity index is 2.42.